The van der Waals surface area contributed by atoms with Crippen molar-refractivity contribution < 1.29 is 4.39 Å². The molecule has 0 aliphatic carbocycles. The van der Waals surface area contributed by atoms with Gasteiger partial charge in [0.25, 0.3) is 0 Å². The van der Waals surface area contributed by atoms with Crippen LogP contribution in [0.2, 0.25) is 0 Å². The monoisotopic (exact) mass is 306 g/mol. The summed E-state index contributed by atoms with van der Waals surface area (Å²) in [5.41, 5.74) is 7.80. The summed E-state index contributed by atoms with van der Waals surface area (Å²) in [6, 6.07) is 6.68. The third kappa shape index (κ3) is 3.50. The molecule has 0 saturated heterocycles. The third-order valence-electron chi connectivity index (χ3n) is 3.67. The molecule has 2 N–H and O–H groups in total. The van der Waals surface area contributed by atoms with E-state index in [-0.39, 0.29) is 11.2 Å². The van der Waals surface area contributed by atoms with Gasteiger partial charge in [-0.05, 0) is 43.9 Å². The van der Waals surface area contributed by atoms with Crippen LogP contribution in [0.1, 0.15) is 48.8 Å². The number of thiazole rings is 1. The van der Waals surface area contributed by atoms with Crippen LogP contribution >= 0.6 is 11.3 Å². The van der Waals surface area contributed by atoms with Crippen molar-refractivity contribution in [2.45, 2.75) is 46.1 Å². The van der Waals surface area contributed by atoms with Crippen LogP contribution in [0.25, 0.3) is 0 Å². The van der Waals surface area contributed by atoms with Gasteiger partial charge in [0, 0.05) is 16.8 Å². The van der Waals surface area contributed by atoms with Crippen molar-refractivity contribution in [2.75, 3.05) is 0 Å². The molecule has 0 radical (unpaired) electrons. The highest BCUT2D eigenvalue weighted by molar-refractivity contribution is 7.12. The first-order chi connectivity index (χ1) is 9.84. The Balaban J connectivity index is 2.39. The van der Waals surface area contributed by atoms with Gasteiger partial charge in [-0.25, -0.2) is 9.37 Å². The summed E-state index contributed by atoms with van der Waals surface area (Å²) in [5.74, 6) is 0.344. The van der Waals surface area contributed by atoms with Crippen LogP contribution in [0.4, 0.5) is 4.39 Å². The summed E-state index contributed by atoms with van der Waals surface area (Å²) in [4.78, 5) is 6.00. The average Bonchev–Trinajstić information content (AvgIpc) is 2.82. The topological polar surface area (TPSA) is 38.9 Å². The zero-order valence-electron chi connectivity index (χ0n) is 13.1. The number of hydrogen-bond acceptors (Lipinski definition) is 3. The fourth-order valence-corrected chi connectivity index (χ4v) is 3.44. The number of halogens is 1. The Kier molecular flexibility index (Phi) is 4.79. The van der Waals surface area contributed by atoms with Gasteiger partial charge in [0.1, 0.15) is 10.8 Å². The first kappa shape index (κ1) is 16.1. The van der Waals surface area contributed by atoms with Crippen molar-refractivity contribution in [2.24, 2.45) is 11.7 Å². The minimum Gasteiger partial charge on any atom is -0.326 e. The lowest BCUT2D eigenvalue weighted by molar-refractivity contribution is 0.601. The van der Waals surface area contributed by atoms with Crippen molar-refractivity contribution >= 4 is 11.3 Å². The lowest BCUT2D eigenvalue weighted by Crippen LogP contribution is -2.18. The van der Waals surface area contributed by atoms with Crippen molar-refractivity contribution in [3.05, 3.63) is 51.2 Å². The quantitative estimate of drug-likeness (QED) is 0.896. The maximum Gasteiger partial charge on any atom is 0.123 e. The predicted octanol–water partition coefficient (Wildman–Crippen LogP) is 4.27. The van der Waals surface area contributed by atoms with E-state index in [9.17, 15) is 4.39 Å². The van der Waals surface area contributed by atoms with Gasteiger partial charge in [-0.3, -0.25) is 0 Å². The summed E-state index contributed by atoms with van der Waals surface area (Å²) in [7, 11) is 0. The molecule has 1 aromatic heterocycles. The van der Waals surface area contributed by atoms with Crippen LogP contribution in [0.3, 0.4) is 0 Å². The van der Waals surface area contributed by atoms with Crippen molar-refractivity contribution in [1.29, 1.82) is 0 Å². The standard InChI is InChI=1S/C17H23FN2S/c1-11(2)9-14-15(10-19)21-16(20-14)17(3,4)12-5-7-13(18)8-6-12/h5-8,11H,9-10,19H2,1-4H3. The van der Waals surface area contributed by atoms with Crippen molar-refractivity contribution in [1.82, 2.24) is 4.98 Å². The molecule has 0 aliphatic heterocycles. The smallest absolute Gasteiger partial charge is 0.123 e. The second-order valence-electron chi connectivity index (χ2n) is 6.32. The molecule has 0 spiro atoms. The van der Waals surface area contributed by atoms with E-state index in [4.69, 9.17) is 10.7 Å². The molecule has 2 rings (SSSR count). The van der Waals surface area contributed by atoms with E-state index in [0.29, 0.717) is 12.5 Å². The molecule has 0 amide bonds. The molecule has 0 fully saturated rings. The van der Waals surface area contributed by atoms with E-state index in [1.165, 1.54) is 12.1 Å². The summed E-state index contributed by atoms with van der Waals surface area (Å²) < 4.78 is 13.1. The number of benzene rings is 1. The predicted molar refractivity (Wildman–Crippen MR) is 87.1 cm³/mol. The van der Waals surface area contributed by atoms with Gasteiger partial charge >= 0.3 is 0 Å². The minimum absolute atomic E-state index is 0.211. The zero-order chi connectivity index (χ0) is 15.6. The van der Waals surface area contributed by atoms with Gasteiger partial charge in [0.05, 0.1) is 5.69 Å². The number of hydrogen-bond donors (Lipinski definition) is 1. The van der Waals surface area contributed by atoms with Gasteiger partial charge in [-0.1, -0.05) is 26.0 Å². The van der Waals surface area contributed by atoms with Gasteiger partial charge in [-0.2, -0.15) is 0 Å². The third-order valence-corrected chi connectivity index (χ3v) is 5.11. The summed E-state index contributed by atoms with van der Waals surface area (Å²) in [6.07, 6.45) is 0.947. The minimum atomic E-state index is -0.239. The van der Waals surface area contributed by atoms with Crippen LogP contribution < -0.4 is 5.73 Å². The van der Waals surface area contributed by atoms with Gasteiger partial charge in [0.2, 0.25) is 0 Å². The Labute approximate surface area is 130 Å². The molecule has 0 bridgehead atoms. The van der Waals surface area contributed by atoms with E-state index in [1.807, 2.05) is 12.1 Å². The first-order valence-corrected chi connectivity index (χ1v) is 8.11. The van der Waals surface area contributed by atoms with Crippen LogP contribution in [0, 0.1) is 11.7 Å². The van der Waals surface area contributed by atoms with Crippen molar-refractivity contribution in [3.63, 3.8) is 0 Å². The molecule has 1 aromatic carbocycles. The molecule has 2 nitrogen and oxygen atoms in total. The van der Waals surface area contributed by atoms with Gasteiger partial charge in [-0.15, -0.1) is 11.3 Å². The van der Waals surface area contributed by atoms with E-state index in [0.717, 1.165) is 27.6 Å². The lowest BCUT2D eigenvalue weighted by atomic mass is 9.85. The van der Waals surface area contributed by atoms with Gasteiger partial charge < -0.3 is 5.73 Å². The molecular formula is C17H23FN2S. The lowest BCUT2D eigenvalue weighted by Gasteiger charge is -2.22. The molecule has 0 saturated carbocycles. The first-order valence-electron chi connectivity index (χ1n) is 7.29. The van der Waals surface area contributed by atoms with E-state index < -0.39 is 0 Å². The molecule has 0 unspecified atom stereocenters. The van der Waals surface area contributed by atoms with Crippen LogP contribution in [-0.4, -0.2) is 4.98 Å². The summed E-state index contributed by atoms with van der Waals surface area (Å²) in [5, 5.41) is 1.05. The van der Waals surface area contributed by atoms with Crippen LogP contribution in [-0.2, 0) is 18.4 Å². The summed E-state index contributed by atoms with van der Waals surface area (Å²) in [6.45, 7) is 9.14. The Hall–Kier alpha value is -1.26. The Morgan fingerprint density at radius 2 is 1.86 bits per heavy atom. The fourth-order valence-electron chi connectivity index (χ4n) is 2.35. The maximum absolute atomic E-state index is 13.1. The number of rotatable bonds is 5. The Morgan fingerprint density at radius 3 is 2.38 bits per heavy atom. The molecule has 0 atom stereocenters. The largest absolute Gasteiger partial charge is 0.326 e. The Bertz CT molecular complexity index is 600. The average molecular weight is 306 g/mol. The van der Waals surface area contributed by atoms with Crippen LogP contribution in [0.5, 0.6) is 0 Å². The number of nitrogens with zero attached hydrogens (tertiary/aromatic N) is 1. The number of nitrogens with two attached hydrogens (primary N) is 1. The second-order valence-corrected chi connectivity index (χ2v) is 7.41. The highest BCUT2D eigenvalue weighted by Gasteiger charge is 2.28. The van der Waals surface area contributed by atoms with E-state index in [2.05, 4.69) is 27.7 Å². The SMILES string of the molecule is CC(C)Cc1nc(C(C)(C)c2ccc(F)cc2)sc1CN. The molecule has 1 heterocycles. The van der Waals surface area contributed by atoms with E-state index >= 15 is 0 Å². The molecule has 21 heavy (non-hydrogen) atoms. The molecular weight excluding hydrogens is 283 g/mol. The van der Waals surface area contributed by atoms with Crippen LogP contribution in [0.15, 0.2) is 24.3 Å². The van der Waals surface area contributed by atoms with Crippen molar-refractivity contribution in [3.8, 4) is 0 Å². The highest BCUT2D eigenvalue weighted by Crippen LogP contribution is 2.36. The molecule has 114 valence electrons. The fraction of sp³-hybridized carbons (Fsp3) is 0.471. The molecule has 0 aliphatic rings. The summed E-state index contributed by atoms with van der Waals surface area (Å²) >= 11 is 1.68. The van der Waals surface area contributed by atoms with E-state index in [1.54, 1.807) is 11.3 Å². The number of aromatic nitrogens is 1. The highest BCUT2D eigenvalue weighted by atomic mass is 32.1. The maximum atomic E-state index is 13.1. The second kappa shape index (κ2) is 6.24. The zero-order valence-corrected chi connectivity index (χ0v) is 13.9. The molecule has 4 heteroatoms. The normalized spacial score (nSPS) is 12.1. The Morgan fingerprint density at radius 1 is 1.24 bits per heavy atom. The molecule has 2 aromatic rings. The van der Waals surface area contributed by atoms with Gasteiger partial charge in [0.15, 0.2) is 0 Å².